The molecular weight excluding hydrogens is 334 g/mol. The van der Waals surface area contributed by atoms with Gasteiger partial charge in [0.15, 0.2) is 0 Å². The second-order valence-corrected chi connectivity index (χ2v) is 6.19. The summed E-state index contributed by atoms with van der Waals surface area (Å²) in [5.74, 6) is 0.925. The fourth-order valence-corrected chi connectivity index (χ4v) is 3.71. The molecule has 2 N–H and O–H groups in total. The predicted molar refractivity (Wildman–Crippen MR) is 60.9 cm³/mol. The lowest BCUT2D eigenvalue weighted by atomic mass is 10.3. The maximum absolute atomic E-state index is 5.37. The van der Waals surface area contributed by atoms with Crippen LogP contribution in [0.5, 0.6) is 0 Å². The molecular formula is C7H5Br2N3OS. The first kappa shape index (κ1) is 10.3. The Morgan fingerprint density at radius 3 is 2.71 bits per heavy atom. The van der Waals surface area contributed by atoms with Crippen LogP contribution in [0.1, 0.15) is 5.89 Å². The number of aromatic nitrogens is 2. The standard InChI is InChI=1S/C7H5Br2N3OS/c8-4-1-3(6(9)14-4)7-12-11-5(2-10)13-7/h1H,2,10H2. The number of rotatable bonds is 2. The van der Waals surface area contributed by atoms with E-state index in [1.807, 2.05) is 6.07 Å². The molecule has 0 saturated carbocycles. The first-order chi connectivity index (χ1) is 6.70. The van der Waals surface area contributed by atoms with Crippen molar-refractivity contribution in [2.24, 2.45) is 5.73 Å². The SMILES string of the molecule is NCc1nnc(-c2cc(Br)sc2Br)o1. The topological polar surface area (TPSA) is 64.9 Å². The van der Waals surface area contributed by atoms with Gasteiger partial charge in [0, 0.05) is 0 Å². The summed E-state index contributed by atoms with van der Waals surface area (Å²) in [5.41, 5.74) is 6.25. The fraction of sp³-hybridized carbons (Fsp3) is 0.143. The first-order valence-electron chi connectivity index (χ1n) is 3.68. The number of halogens is 2. The summed E-state index contributed by atoms with van der Waals surface area (Å²) in [5, 5.41) is 7.68. The molecule has 4 nitrogen and oxygen atoms in total. The zero-order valence-corrected chi connectivity index (χ0v) is 10.8. The molecule has 2 rings (SSSR count). The highest BCUT2D eigenvalue weighted by Gasteiger charge is 2.13. The van der Waals surface area contributed by atoms with E-state index in [0.29, 0.717) is 11.8 Å². The Labute approximate surface area is 101 Å². The highest BCUT2D eigenvalue weighted by molar-refractivity contribution is 9.12. The van der Waals surface area contributed by atoms with Crippen LogP contribution >= 0.6 is 43.2 Å². The molecule has 0 bridgehead atoms. The molecule has 14 heavy (non-hydrogen) atoms. The van der Waals surface area contributed by atoms with Crippen LogP contribution in [0.3, 0.4) is 0 Å². The summed E-state index contributed by atoms with van der Waals surface area (Å²) in [6.07, 6.45) is 0. The maximum atomic E-state index is 5.37. The van der Waals surface area contributed by atoms with E-state index in [9.17, 15) is 0 Å². The Bertz CT molecular complexity index is 453. The highest BCUT2D eigenvalue weighted by Crippen LogP contribution is 2.37. The molecule has 0 atom stereocenters. The van der Waals surface area contributed by atoms with Gasteiger partial charge in [0.2, 0.25) is 11.8 Å². The Balaban J connectivity index is 2.43. The van der Waals surface area contributed by atoms with Gasteiger partial charge in [-0.05, 0) is 37.9 Å². The molecule has 0 saturated heterocycles. The number of nitrogens with two attached hydrogens (primary N) is 1. The van der Waals surface area contributed by atoms with Gasteiger partial charge in [0.1, 0.15) is 0 Å². The minimum Gasteiger partial charge on any atom is -0.419 e. The van der Waals surface area contributed by atoms with E-state index in [2.05, 4.69) is 42.1 Å². The Kier molecular flexibility index (Phi) is 3.01. The van der Waals surface area contributed by atoms with Gasteiger partial charge in [-0.1, -0.05) is 0 Å². The minimum absolute atomic E-state index is 0.260. The normalized spacial score (nSPS) is 10.8. The van der Waals surface area contributed by atoms with E-state index < -0.39 is 0 Å². The van der Waals surface area contributed by atoms with Crippen LogP contribution < -0.4 is 5.73 Å². The Morgan fingerprint density at radius 2 is 2.21 bits per heavy atom. The number of hydrogen-bond acceptors (Lipinski definition) is 5. The molecule has 0 aliphatic carbocycles. The van der Waals surface area contributed by atoms with Crippen LogP contribution in [0.25, 0.3) is 11.5 Å². The second kappa shape index (κ2) is 4.09. The van der Waals surface area contributed by atoms with E-state index in [0.717, 1.165) is 13.1 Å². The van der Waals surface area contributed by atoms with E-state index in [1.165, 1.54) is 0 Å². The maximum Gasteiger partial charge on any atom is 0.249 e. The molecule has 0 unspecified atom stereocenters. The number of thiophene rings is 1. The van der Waals surface area contributed by atoms with Gasteiger partial charge >= 0.3 is 0 Å². The van der Waals surface area contributed by atoms with Crippen LogP contribution in [0.15, 0.2) is 18.1 Å². The average Bonchev–Trinajstić information content (AvgIpc) is 2.71. The third kappa shape index (κ3) is 1.90. The first-order valence-corrected chi connectivity index (χ1v) is 6.08. The lowest BCUT2D eigenvalue weighted by molar-refractivity contribution is 0.508. The molecule has 0 amide bonds. The summed E-state index contributed by atoms with van der Waals surface area (Å²) in [6, 6.07) is 1.92. The summed E-state index contributed by atoms with van der Waals surface area (Å²) in [7, 11) is 0. The Hall–Kier alpha value is -0.240. The average molecular weight is 339 g/mol. The fourth-order valence-electron chi connectivity index (χ4n) is 0.931. The van der Waals surface area contributed by atoms with Crippen molar-refractivity contribution in [3.05, 3.63) is 19.5 Å². The molecule has 0 aliphatic heterocycles. The van der Waals surface area contributed by atoms with Crippen molar-refractivity contribution in [2.75, 3.05) is 0 Å². The van der Waals surface area contributed by atoms with Crippen molar-refractivity contribution >= 4 is 43.2 Å². The van der Waals surface area contributed by atoms with E-state index in [4.69, 9.17) is 10.2 Å². The molecule has 0 spiro atoms. The summed E-state index contributed by atoms with van der Waals surface area (Å²) in [4.78, 5) is 0. The van der Waals surface area contributed by atoms with Crippen molar-refractivity contribution in [1.82, 2.24) is 10.2 Å². The monoisotopic (exact) mass is 337 g/mol. The number of hydrogen-bond donors (Lipinski definition) is 1. The van der Waals surface area contributed by atoms with Crippen molar-refractivity contribution < 1.29 is 4.42 Å². The Morgan fingerprint density at radius 1 is 1.43 bits per heavy atom. The van der Waals surface area contributed by atoms with Gasteiger partial charge in [0.05, 0.1) is 19.7 Å². The lowest BCUT2D eigenvalue weighted by Gasteiger charge is -1.88. The lowest BCUT2D eigenvalue weighted by Crippen LogP contribution is -1.95. The molecule has 2 heterocycles. The minimum atomic E-state index is 0.260. The van der Waals surface area contributed by atoms with E-state index in [-0.39, 0.29) is 6.54 Å². The largest absolute Gasteiger partial charge is 0.419 e. The van der Waals surface area contributed by atoms with Gasteiger partial charge in [-0.15, -0.1) is 21.5 Å². The molecule has 0 radical (unpaired) electrons. The summed E-state index contributed by atoms with van der Waals surface area (Å²) >= 11 is 8.35. The molecule has 74 valence electrons. The van der Waals surface area contributed by atoms with Crippen LogP contribution in [-0.4, -0.2) is 10.2 Å². The molecule has 0 aliphatic rings. The highest BCUT2D eigenvalue weighted by atomic mass is 79.9. The summed E-state index contributed by atoms with van der Waals surface area (Å²) < 4.78 is 7.28. The van der Waals surface area contributed by atoms with Gasteiger partial charge in [0.25, 0.3) is 0 Å². The molecule has 0 fully saturated rings. The van der Waals surface area contributed by atoms with Gasteiger partial charge in [-0.2, -0.15) is 0 Å². The van der Waals surface area contributed by atoms with E-state index in [1.54, 1.807) is 11.3 Å². The second-order valence-electron chi connectivity index (χ2n) is 2.44. The van der Waals surface area contributed by atoms with Crippen molar-refractivity contribution in [1.29, 1.82) is 0 Å². The van der Waals surface area contributed by atoms with Crippen LogP contribution in [0, 0.1) is 0 Å². The van der Waals surface area contributed by atoms with Gasteiger partial charge in [-0.25, -0.2) is 0 Å². The van der Waals surface area contributed by atoms with E-state index >= 15 is 0 Å². The number of nitrogens with zero attached hydrogens (tertiary/aromatic N) is 2. The van der Waals surface area contributed by atoms with Crippen molar-refractivity contribution in [2.45, 2.75) is 6.54 Å². The van der Waals surface area contributed by atoms with Crippen LogP contribution in [0.2, 0.25) is 0 Å². The zero-order chi connectivity index (χ0) is 10.1. The molecule has 0 aromatic carbocycles. The van der Waals surface area contributed by atoms with Crippen LogP contribution in [-0.2, 0) is 6.54 Å². The summed E-state index contributed by atoms with van der Waals surface area (Å²) in [6.45, 7) is 0.260. The van der Waals surface area contributed by atoms with Crippen LogP contribution in [0.4, 0.5) is 0 Å². The van der Waals surface area contributed by atoms with Gasteiger partial charge < -0.3 is 10.2 Å². The zero-order valence-electron chi connectivity index (χ0n) is 6.83. The molecule has 7 heteroatoms. The van der Waals surface area contributed by atoms with Crippen molar-refractivity contribution in [3.8, 4) is 11.5 Å². The van der Waals surface area contributed by atoms with Crippen molar-refractivity contribution in [3.63, 3.8) is 0 Å². The third-order valence-electron chi connectivity index (χ3n) is 1.53. The smallest absolute Gasteiger partial charge is 0.249 e. The predicted octanol–water partition coefficient (Wildman–Crippen LogP) is 2.78. The third-order valence-corrected chi connectivity index (χ3v) is 3.87. The molecule has 2 aromatic heterocycles. The quantitative estimate of drug-likeness (QED) is 0.914. The molecule has 2 aromatic rings. The van der Waals surface area contributed by atoms with Gasteiger partial charge in [-0.3, -0.25) is 0 Å².